The lowest BCUT2D eigenvalue weighted by atomic mass is 9.89. The summed E-state index contributed by atoms with van der Waals surface area (Å²) in [4.78, 5) is 0. The predicted molar refractivity (Wildman–Crippen MR) is 74.1 cm³/mol. The Morgan fingerprint density at radius 2 is 2.20 bits per heavy atom. The molecule has 0 spiro atoms. The maximum absolute atomic E-state index is 13.8. The van der Waals surface area contributed by atoms with Crippen LogP contribution in [0.4, 0.5) is 4.39 Å². The van der Waals surface area contributed by atoms with Crippen molar-refractivity contribution in [1.82, 2.24) is 0 Å². The van der Waals surface area contributed by atoms with Gasteiger partial charge in [-0.15, -0.1) is 6.42 Å². The Hall–Kier alpha value is -1.57. The Morgan fingerprint density at radius 3 is 2.85 bits per heavy atom. The minimum atomic E-state index is -0.620. The molecule has 20 heavy (non-hydrogen) atoms. The van der Waals surface area contributed by atoms with Gasteiger partial charge >= 0.3 is 0 Å². The van der Waals surface area contributed by atoms with E-state index in [-0.39, 0.29) is 18.5 Å². The van der Waals surface area contributed by atoms with Crippen LogP contribution < -0.4 is 4.74 Å². The number of hydrogen-bond donors (Lipinski definition) is 0. The molecule has 0 N–H and O–H groups in total. The molecule has 0 radical (unpaired) electrons. The highest BCUT2D eigenvalue weighted by atomic mass is 19.1. The van der Waals surface area contributed by atoms with Gasteiger partial charge in [-0.2, -0.15) is 0 Å². The van der Waals surface area contributed by atoms with Crippen molar-refractivity contribution in [3.63, 3.8) is 0 Å². The normalized spacial score (nSPS) is 25.4. The highest BCUT2D eigenvalue weighted by molar-refractivity contribution is 5.35. The Morgan fingerprint density at radius 1 is 1.40 bits per heavy atom. The molecule has 1 saturated carbocycles. The van der Waals surface area contributed by atoms with Crippen molar-refractivity contribution < 1.29 is 18.6 Å². The highest BCUT2D eigenvalue weighted by Gasteiger charge is 2.45. The predicted octanol–water partition coefficient (Wildman–Crippen LogP) is 2.88. The third kappa shape index (κ3) is 2.65. The van der Waals surface area contributed by atoms with Gasteiger partial charge in [0.05, 0.1) is 6.10 Å². The van der Waals surface area contributed by atoms with Crippen molar-refractivity contribution in [1.29, 1.82) is 0 Å². The second kappa shape index (κ2) is 6.25. The molecule has 1 aliphatic rings. The van der Waals surface area contributed by atoms with Gasteiger partial charge in [0.25, 0.3) is 0 Å². The van der Waals surface area contributed by atoms with Crippen molar-refractivity contribution in [3.8, 4) is 18.1 Å². The summed E-state index contributed by atoms with van der Waals surface area (Å²) in [5.74, 6) is 2.41. The van der Waals surface area contributed by atoms with Crippen molar-refractivity contribution in [3.05, 3.63) is 29.6 Å². The van der Waals surface area contributed by atoms with Crippen molar-refractivity contribution >= 4 is 0 Å². The quantitative estimate of drug-likeness (QED) is 0.775. The maximum atomic E-state index is 13.8. The molecule has 1 fully saturated rings. The Bertz CT molecular complexity index is 509. The Kier molecular flexibility index (Phi) is 4.64. The van der Waals surface area contributed by atoms with E-state index >= 15 is 0 Å². The van der Waals surface area contributed by atoms with Gasteiger partial charge in [0, 0.05) is 20.3 Å². The highest BCUT2D eigenvalue weighted by Crippen LogP contribution is 2.44. The first-order valence-electron chi connectivity index (χ1n) is 6.61. The summed E-state index contributed by atoms with van der Waals surface area (Å²) in [5.41, 5.74) is 0.113. The molecular formula is C16H19FO3. The molecule has 0 heterocycles. The van der Waals surface area contributed by atoms with Crippen LogP contribution in [0.5, 0.6) is 5.75 Å². The fraction of sp³-hybridized carbons (Fsp3) is 0.500. The lowest BCUT2D eigenvalue weighted by Gasteiger charge is -2.34. The number of terminal acetylenes is 1. The third-order valence-corrected chi connectivity index (χ3v) is 3.87. The lowest BCUT2D eigenvalue weighted by molar-refractivity contribution is -0.104. The van der Waals surface area contributed by atoms with Gasteiger partial charge in [-0.1, -0.05) is 5.92 Å². The average Bonchev–Trinajstić information content (AvgIpc) is 2.88. The molecule has 3 nitrogen and oxygen atoms in total. The molecule has 2 rings (SSSR count). The molecule has 0 amide bonds. The second-order valence-corrected chi connectivity index (χ2v) is 4.88. The minimum Gasteiger partial charge on any atom is -0.481 e. The van der Waals surface area contributed by atoms with Gasteiger partial charge in [0.15, 0.2) is 0 Å². The van der Waals surface area contributed by atoms with Gasteiger partial charge in [-0.05, 0) is 37.0 Å². The Labute approximate surface area is 119 Å². The van der Waals surface area contributed by atoms with Crippen LogP contribution in [0.3, 0.4) is 0 Å². The van der Waals surface area contributed by atoms with Crippen molar-refractivity contribution in [2.24, 2.45) is 0 Å². The molecule has 0 aliphatic heterocycles. The first kappa shape index (κ1) is 14.8. The van der Waals surface area contributed by atoms with Gasteiger partial charge in [-0.3, -0.25) is 0 Å². The van der Waals surface area contributed by atoms with Crippen LogP contribution in [-0.4, -0.2) is 26.9 Å². The van der Waals surface area contributed by atoms with E-state index in [0.29, 0.717) is 5.75 Å². The standard InChI is InChI=1S/C16H19FO3/c1-4-8-20-14-10-12(9-13(17)11-14)16(19-3)7-5-6-15(16)18-2/h1,9-11,15H,5-8H2,2-3H3. The van der Waals surface area contributed by atoms with E-state index in [1.165, 1.54) is 12.1 Å². The summed E-state index contributed by atoms with van der Waals surface area (Å²) in [6, 6.07) is 4.58. The average molecular weight is 278 g/mol. The molecule has 1 aromatic carbocycles. The van der Waals surface area contributed by atoms with Gasteiger partial charge in [-0.25, -0.2) is 4.39 Å². The molecule has 2 unspecified atom stereocenters. The SMILES string of the molecule is C#CCOc1cc(F)cc(C2(OC)CCCC2OC)c1. The molecule has 1 aliphatic carbocycles. The fourth-order valence-electron chi connectivity index (χ4n) is 2.95. The van der Waals surface area contributed by atoms with E-state index in [0.717, 1.165) is 24.8 Å². The summed E-state index contributed by atoms with van der Waals surface area (Å²) in [6.07, 6.45) is 7.73. The van der Waals surface area contributed by atoms with Gasteiger partial charge < -0.3 is 14.2 Å². The zero-order valence-corrected chi connectivity index (χ0v) is 11.8. The van der Waals surface area contributed by atoms with E-state index in [1.807, 2.05) is 0 Å². The lowest BCUT2D eigenvalue weighted by Crippen LogP contribution is -2.38. The second-order valence-electron chi connectivity index (χ2n) is 4.88. The largest absolute Gasteiger partial charge is 0.481 e. The Balaban J connectivity index is 2.39. The monoisotopic (exact) mass is 278 g/mol. The van der Waals surface area contributed by atoms with Crippen molar-refractivity contribution in [2.75, 3.05) is 20.8 Å². The fourth-order valence-corrected chi connectivity index (χ4v) is 2.95. The number of ether oxygens (including phenoxy) is 3. The summed E-state index contributed by atoms with van der Waals surface area (Å²) >= 11 is 0. The van der Waals surface area contributed by atoms with Crippen molar-refractivity contribution in [2.45, 2.75) is 31.0 Å². The van der Waals surface area contributed by atoms with Crippen LogP contribution in [0.2, 0.25) is 0 Å². The molecular weight excluding hydrogens is 259 g/mol. The molecule has 2 atom stereocenters. The molecule has 0 aromatic heterocycles. The molecule has 1 aromatic rings. The van der Waals surface area contributed by atoms with Crippen LogP contribution in [0, 0.1) is 18.2 Å². The van der Waals surface area contributed by atoms with E-state index in [1.54, 1.807) is 20.3 Å². The number of hydrogen-bond acceptors (Lipinski definition) is 3. The first-order valence-corrected chi connectivity index (χ1v) is 6.61. The molecule has 108 valence electrons. The summed E-state index contributed by atoms with van der Waals surface area (Å²) in [7, 11) is 3.28. The van der Waals surface area contributed by atoms with E-state index in [2.05, 4.69) is 5.92 Å². The van der Waals surface area contributed by atoms with Crippen LogP contribution in [0.15, 0.2) is 18.2 Å². The minimum absolute atomic E-state index is 0.0882. The summed E-state index contributed by atoms with van der Waals surface area (Å²) < 4.78 is 30.4. The smallest absolute Gasteiger partial charge is 0.148 e. The summed E-state index contributed by atoms with van der Waals surface area (Å²) in [5, 5.41) is 0. The van der Waals surface area contributed by atoms with E-state index < -0.39 is 5.60 Å². The molecule has 4 heteroatoms. The summed E-state index contributed by atoms with van der Waals surface area (Å²) in [6.45, 7) is 0.108. The third-order valence-electron chi connectivity index (χ3n) is 3.87. The van der Waals surface area contributed by atoms with E-state index in [4.69, 9.17) is 20.6 Å². The van der Waals surface area contributed by atoms with Gasteiger partial charge in [0.1, 0.15) is 23.8 Å². The van der Waals surface area contributed by atoms with Crippen LogP contribution in [0.1, 0.15) is 24.8 Å². The van der Waals surface area contributed by atoms with E-state index in [9.17, 15) is 4.39 Å². The number of rotatable bonds is 5. The molecule has 0 bridgehead atoms. The number of halogens is 1. The van der Waals surface area contributed by atoms with Crippen LogP contribution in [0.25, 0.3) is 0 Å². The number of benzene rings is 1. The zero-order valence-electron chi connectivity index (χ0n) is 11.8. The topological polar surface area (TPSA) is 27.7 Å². The first-order chi connectivity index (χ1) is 9.66. The maximum Gasteiger partial charge on any atom is 0.148 e. The number of methoxy groups -OCH3 is 2. The molecule has 0 saturated heterocycles. The van der Waals surface area contributed by atoms with Crippen LogP contribution >= 0.6 is 0 Å². The zero-order chi connectivity index (χ0) is 14.6. The van der Waals surface area contributed by atoms with Gasteiger partial charge in [0.2, 0.25) is 0 Å². The van der Waals surface area contributed by atoms with Crippen LogP contribution in [-0.2, 0) is 15.1 Å².